The van der Waals surface area contributed by atoms with Gasteiger partial charge in [-0.1, -0.05) is 41.9 Å². The van der Waals surface area contributed by atoms with E-state index in [0.29, 0.717) is 42.6 Å². The molecule has 0 aliphatic carbocycles. The van der Waals surface area contributed by atoms with Gasteiger partial charge < -0.3 is 10.1 Å². The van der Waals surface area contributed by atoms with E-state index in [1.54, 1.807) is 24.3 Å². The van der Waals surface area contributed by atoms with Crippen LogP contribution in [0.1, 0.15) is 5.56 Å². The first-order valence-electron chi connectivity index (χ1n) is 9.46. The van der Waals surface area contributed by atoms with Crippen molar-refractivity contribution in [3.8, 4) is 5.75 Å². The standard InChI is InChI=1S/C21H24ClN3O4S/c1-29-20-8-7-18(22)15-19(20)23-21(26)16-24-10-12-25(13-11-24)30(27,28)14-9-17-5-3-2-4-6-17/h2-9,14-15H,10-13,16H2,1H3,(H,23,26)/b14-9+. The summed E-state index contributed by atoms with van der Waals surface area (Å²) in [7, 11) is -1.98. The topological polar surface area (TPSA) is 79.0 Å². The zero-order chi connectivity index (χ0) is 21.6. The minimum absolute atomic E-state index is 0.156. The average molecular weight is 450 g/mol. The highest BCUT2D eigenvalue weighted by Gasteiger charge is 2.26. The van der Waals surface area contributed by atoms with Crippen LogP contribution in [0.25, 0.3) is 6.08 Å². The summed E-state index contributed by atoms with van der Waals surface area (Å²) in [6.07, 6.45) is 1.59. The van der Waals surface area contributed by atoms with Gasteiger partial charge in [-0.3, -0.25) is 9.69 Å². The molecule has 0 aromatic heterocycles. The number of methoxy groups -OCH3 is 1. The fraction of sp³-hybridized carbons (Fsp3) is 0.286. The number of carbonyl (C=O) groups excluding carboxylic acids is 1. The van der Waals surface area contributed by atoms with E-state index in [1.807, 2.05) is 35.2 Å². The van der Waals surface area contributed by atoms with Crippen molar-refractivity contribution in [2.24, 2.45) is 0 Å². The maximum Gasteiger partial charge on any atom is 0.238 e. The van der Waals surface area contributed by atoms with Gasteiger partial charge in [-0.2, -0.15) is 4.31 Å². The highest BCUT2D eigenvalue weighted by atomic mass is 35.5. The lowest BCUT2D eigenvalue weighted by Gasteiger charge is -2.32. The van der Waals surface area contributed by atoms with Crippen molar-refractivity contribution in [2.45, 2.75) is 0 Å². The number of piperazine rings is 1. The summed E-state index contributed by atoms with van der Waals surface area (Å²) in [5.74, 6) is 0.310. The van der Waals surface area contributed by atoms with Crippen molar-refractivity contribution in [2.75, 3.05) is 45.2 Å². The first kappa shape index (κ1) is 22.3. The Kier molecular flexibility index (Phi) is 7.49. The van der Waals surface area contributed by atoms with E-state index >= 15 is 0 Å². The molecule has 0 unspecified atom stereocenters. The molecule has 9 heteroatoms. The van der Waals surface area contributed by atoms with Crippen molar-refractivity contribution >= 4 is 39.3 Å². The molecule has 2 aromatic carbocycles. The number of nitrogens with zero attached hydrogens (tertiary/aromatic N) is 2. The Balaban J connectivity index is 1.52. The van der Waals surface area contributed by atoms with Gasteiger partial charge in [0.25, 0.3) is 0 Å². The smallest absolute Gasteiger partial charge is 0.238 e. The maximum absolute atomic E-state index is 12.5. The SMILES string of the molecule is COc1ccc(Cl)cc1NC(=O)CN1CCN(S(=O)(=O)/C=C/c2ccccc2)CC1. The fourth-order valence-corrected chi connectivity index (χ4v) is 4.47. The van der Waals surface area contributed by atoms with E-state index in [2.05, 4.69) is 5.32 Å². The number of amides is 1. The molecule has 1 saturated heterocycles. The molecule has 0 spiro atoms. The molecule has 0 bridgehead atoms. The normalized spacial score (nSPS) is 15.9. The van der Waals surface area contributed by atoms with Crippen LogP contribution >= 0.6 is 11.6 Å². The van der Waals surface area contributed by atoms with E-state index in [0.717, 1.165) is 5.56 Å². The molecule has 1 aliphatic rings. The van der Waals surface area contributed by atoms with Crippen LogP contribution in [0.2, 0.25) is 5.02 Å². The van der Waals surface area contributed by atoms with Crippen molar-refractivity contribution in [1.82, 2.24) is 9.21 Å². The molecule has 1 N–H and O–H groups in total. The van der Waals surface area contributed by atoms with Crippen LogP contribution in [0, 0.1) is 0 Å². The largest absolute Gasteiger partial charge is 0.495 e. The molecular weight excluding hydrogens is 426 g/mol. The second-order valence-electron chi connectivity index (χ2n) is 6.83. The van der Waals surface area contributed by atoms with Crippen molar-refractivity contribution in [3.63, 3.8) is 0 Å². The number of hydrogen-bond acceptors (Lipinski definition) is 5. The van der Waals surface area contributed by atoms with Gasteiger partial charge in [0.1, 0.15) is 5.75 Å². The lowest BCUT2D eigenvalue weighted by Crippen LogP contribution is -2.49. The maximum atomic E-state index is 12.5. The number of benzene rings is 2. The monoisotopic (exact) mass is 449 g/mol. The minimum atomic E-state index is -3.50. The van der Waals surface area contributed by atoms with Gasteiger partial charge in [0, 0.05) is 36.6 Å². The number of nitrogens with one attached hydrogen (secondary N) is 1. The second-order valence-corrected chi connectivity index (χ2v) is 9.08. The molecule has 1 fully saturated rings. The summed E-state index contributed by atoms with van der Waals surface area (Å²) < 4.78 is 31.8. The van der Waals surface area contributed by atoms with E-state index in [-0.39, 0.29) is 12.5 Å². The number of hydrogen-bond donors (Lipinski definition) is 1. The Bertz CT molecular complexity index is 1000. The highest BCUT2D eigenvalue weighted by Crippen LogP contribution is 2.27. The molecule has 1 aliphatic heterocycles. The molecule has 7 nitrogen and oxygen atoms in total. The van der Waals surface area contributed by atoms with Gasteiger partial charge in [0.05, 0.1) is 19.3 Å². The van der Waals surface area contributed by atoms with Gasteiger partial charge in [-0.15, -0.1) is 0 Å². The Labute approximate surface area is 181 Å². The number of sulfonamides is 1. The summed E-state index contributed by atoms with van der Waals surface area (Å²) in [6, 6.07) is 14.3. The Morgan fingerprint density at radius 1 is 1.13 bits per heavy atom. The van der Waals surface area contributed by atoms with Crippen molar-refractivity contribution < 1.29 is 17.9 Å². The minimum Gasteiger partial charge on any atom is -0.495 e. The third kappa shape index (κ3) is 6.06. The van der Waals surface area contributed by atoms with Crippen molar-refractivity contribution in [3.05, 3.63) is 64.5 Å². The molecule has 0 atom stereocenters. The van der Waals surface area contributed by atoms with Crippen LogP contribution in [0.3, 0.4) is 0 Å². The summed E-state index contributed by atoms with van der Waals surface area (Å²) >= 11 is 5.99. The molecule has 1 amide bonds. The molecule has 1 heterocycles. The van der Waals surface area contributed by atoms with E-state index in [9.17, 15) is 13.2 Å². The molecule has 160 valence electrons. The summed E-state index contributed by atoms with van der Waals surface area (Å²) in [5.41, 5.74) is 1.33. The molecule has 3 rings (SSSR count). The van der Waals surface area contributed by atoms with Crippen LogP contribution in [0.4, 0.5) is 5.69 Å². The predicted octanol–water partition coefficient (Wildman–Crippen LogP) is 2.91. The third-order valence-corrected chi connectivity index (χ3v) is 6.53. The lowest BCUT2D eigenvalue weighted by atomic mass is 10.2. The van der Waals surface area contributed by atoms with Gasteiger partial charge in [-0.25, -0.2) is 8.42 Å². The number of halogens is 1. The van der Waals surface area contributed by atoms with Gasteiger partial charge in [0.2, 0.25) is 15.9 Å². The number of carbonyl (C=O) groups is 1. The molecule has 2 aromatic rings. The number of rotatable bonds is 7. The summed E-state index contributed by atoms with van der Waals surface area (Å²) in [5, 5.41) is 4.52. The summed E-state index contributed by atoms with van der Waals surface area (Å²) in [4.78, 5) is 14.3. The summed E-state index contributed by atoms with van der Waals surface area (Å²) in [6.45, 7) is 1.75. The lowest BCUT2D eigenvalue weighted by molar-refractivity contribution is -0.117. The highest BCUT2D eigenvalue weighted by molar-refractivity contribution is 7.92. The van der Waals surface area contributed by atoms with Gasteiger partial charge in [-0.05, 0) is 29.8 Å². The zero-order valence-corrected chi connectivity index (χ0v) is 18.2. The molecular formula is C21H24ClN3O4S. The first-order chi connectivity index (χ1) is 14.4. The van der Waals surface area contributed by atoms with E-state index < -0.39 is 10.0 Å². The molecule has 30 heavy (non-hydrogen) atoms. The van der Waals surface area contributed by atoms with Crippen LogP contribution in [0.5, 0.6) is 5.75 Å². The van der Waals surface area contributed by atoms with Gasteiger partial charge >= 0.3 is 0 Å². The van der Waals surface area contributed by atoms with Gasteiger partial charge in [0.15, 0.2) is 0 Å². The second kappa shape index (κ2) is 10.1. The predicted molar refractivity (Wildman–Crippen MR) is 119 cm³/mol. The Morgan fingerprint density at radius 3 is 2.50 bits per heavy atom. The van der Waals surface area contributed by atoms with Crippen LogP contribution in [-0.4, -0.2) is 63.4 Å². The zero-order valence-electron chi connectivity index (χ0n) is 16.6. The van der Waals surface area contributed by atoms with E-state index in [1.165, 1.54) is 16.8 Å². The van der Waals surface area contributed by atoms with Crippen LogP contribution in [0.15, 0.2) is 53.9 Å². The Morgan fingerprint density at radius 2 is 1.83 bits per heavy atom. The van der Waals surface area contributed by atoms with Crippen LogP contribution in [-0.2, 0) is 14.8 Å². The average Bonchev–Trinajstić information content (AvgIpc) is 2.74. The Hall–Kier alpha value is -2.39. The molecule has 0 saturated carbocycles. The third-order valence-electron chi connectivity index (χ3n) is 4.73. The quantitative estimate of drug-likeness (QED) is 0.703. The fourth-order valence-electron chi connectivity index (χ4n) is 3.13. The van der Waals surface area contributed by atoms with E-state index in [4.69, 9.17) is 16.3 Å². The van der Waals surface area contributed by atoms with Crippen molar-refractivity contribution in [1.29, 1.82) is 0 Å². The number of ether oxygens (including phenoxy) is 1. The number of anilines is 1. The molecule has 0 radical (unpaired) electrons. The first-order valence-corrected chi connectivity index (χ1v) is 11.3. The van der Waals surface area contributed by atoms with Crippen LogP contribution < -0.4 is 10.1 Å².